The van der Waals surface area contributed by atoms with Gasteiger partial charge < -0.3 is 4.74 Å². The van der Waals surface area contributed by atoms with E-state index in [0.29, 0.717) is 23.8 Å². The highest BCUT2D eigenvalue weighted by Gasteiger charge is 2.56. The third-order valence-electron chi connectivity index (χ3n) is 9.34. The molecule has 2 fully saturated rings. The Hall–Kier alpha value is -2.73. The summed E-state index contributed by atoms with van der Waals surface area (Å²) in [7, 11) is 0. The van der Waals surface area contributed by atoms with Crippen molar-refractivity contribution in [2.45, 2.75) is 64.7 Å². The highest BCUT2D eigenvalue weighted by atomic mass is 32.1. The quantitative estimate of drug-likeness (QED) is 0.289. The van der Waals surface area contributed by atoms with Crippen LogP contribution in [0.1, 0.15) is 80.6 Å². The predicted octanol–water partition coefficient (Wildman–Crippen LogP) is 5.52. The lowest BCUT2D eigenvalue weighted by Gasteiger charge is -2.49. The van der Waals surface area contributed by atoms with E-state index in [1.165, 1.54) is 16.7 Å². The summed E-state index contributed by atoms with van der Waals surface area (Å²) >= 11 is 4.60. The number of fused-ring (bicyclic) bond motifs is 4. The van der Waals surface area contributed by atoms with E-state index in [-0.39, 0.29) is 41.2 Å². The number of Topliss-reactive ketones (excluding diaryl/α,β-unsaturated/α-hetero) is 2. The molecule has 0 heterocycles. The van der Waals surface area contributed by atoms with Gasteiger partial charge in [0.15, 0.2) is 24.0 Å². The average molecular weight is 505 g/mol. The monoisotopic (exact) mass is 504 g/mol. The summed E-state index contributed by atoms with van der Waals surface area (Å²) in [5.74, 6) is 0.314. The Morgan fingerprint density at radius 3 is 2.56 bits per heavy atom. The first-order chi connectivity index (χ1) is 17.2. The van der Waals surface area contributed by atoms with Crippen LogP contribution in [0.2, 0.25) is 0 Å². The van der Waals surface area contributed by atoms with E-state index in [4.69, 9.17) is 4.74 Å². The van der Waals surface area contributed by atoms with E-state index in [9.17, 15) is 19.2 Å². The molecule has 5 nitrogen and oxygen atoms in total. The number of hydrogen-bond donors (Lipinski definition) is 0. The summed E-state index contributed by atoms with van der Waals surface area (Å²) in [6, 6.07) is 7.75. The van der Waals surface area contributed by atoms with Crippen LogP contribution < -0.4 is 0 Å². The Balaban J connectivity index is 1.46. The molecule has 0 N–H and O–H groups in total. The molecule has 5 atom stereocenters. The zero-order valence-electron chi connectivity index (χ0n) is 20.9. The molecule has 4 aliphatic rings. The number of carbonyl (C=O) groups is 4. The second-order valence-corrected chi connectivity index (χ2v) is 11.3. The van der Waals surface area contributed by atoms with Crippen molar-refractivity contribution in [1.82, 2.24) is 0 Å². The van der Waals surface area contributed by atoms with E-state index in [1.807, 2.05) is 30.3 Å². The van der Waals surface area contributed by atoms with Gasteiger partial charge >= 0.3 is 5.97 Å². The van der Waals surface area contributed by atoms with E-state index in [0.717, 1.165) is 49.5 Å². The van der Waals surface area contributed by atoms with Crippen LogP contribution in [0.4, 0.5) is 0 Å². The molecule has 0 spiro atoms. The van der Waals surface area contributed by atoms with Crippen LogP contribution in [0.3, 0.4) is 0 Å². The molecule has 2 saturated carbocycles. The van der Waals surface area contributed by atoms with Crippen molar-refractivity contribution >= 4 is 40.9 Å². The smallest absolute Gasteiger partial charge is 0.342 e. The number of esters is 1. The summed E-state index contributed by atoms with van der Waals surface area (Å²) < 4.78 is 5.05. The molecule has 5 rings (SSSR count). The first kappa shape index (κ1) is 24.9. The van der Waals surface area contributed by atoms with Gasteiger partial charge in [0, 0.05) is 23.8 Å². The van der Waals surface area contributed by atoms with Crippen LogP contribution in [0.15, 0.2) is 47.1 Å². The number of hydrogen-bond acceptors (Lipinski definition) is 6. The second-order valence-electron chi connectivity index (χ2n) is 11.1. The Morgan fingerprint density at radius 1 is 1.11 bits per heavy atom. The minimum absolute atomic E-state index is 0.00407. The maximum Gasteiger partial charge on any atom is 0.342 e. The van der Waals surface area contributed by atoms with Gasteiger partial charge in [-0.3, -0.25) is 14.4 Å². The van der Waals surface area contributed by atoms with Crippen LogP contribution in [0, 0.1) is 23.2 Å². The van der Waals surface area contributed by atoms with Gasteiger partial charge in [0.1, 0.15) is 0 Å². The van der Waals surface area contributed by atoms with Crippen LogP contribution in [0.5, 0.6) is 0 Å². The second kappa shape index (κ2) is 9.62. The molecule has 0 amide bonds. The number of rotatable bonds is 6. The zero-order valence-corrected chi connectivity index (χ0v) is 21.7. The molecule has 0 aliphatic heterocycles. The van der Waals surface area contributed by atoms with Crippen LogP contribution in [-0.4, -0.2) is 35.3 Å². The van der Waals surface area contributed by atoms with Gasteiger partial charge in [-0.1, -0.05) is 49.0 Å². The molecule has 1 aromatic rings. The van der Waals surface area contributed by atoms with Gasteiger partial charge in [0.05, 0.1) is 5.37 Å². The topological polar surface area (TPSA) is 77.5 Å². The first-order valence-electron chi connectivity index (χ1n) is 12.9. The van der Waals surface area contributed by atoms with Crippen molar-refractivity contribution in [1.29, 1.82) is 0 Å². The van der Waals surface area contributed by atoms with Gasteiger partial charge in [-0.25, -0.2) is 4.79 Å². The molecule has 0 radical (unpaired) electrons. The summed E-state index contributed by atoms with van der Waals surface area (Å²) in [6.45, 7) is 3.62. The normalized spacial score (nSPS) is 31.1. The third kappa shape index (κ3) is 4.23. The number of ether oxygens (including phenoxy) is 1. The minimum atomic E-state index is -0.630. The number of carbonyl (C=O) groups excluding carboxylic acids is 4. The highest BCUT2D eigenvalue weighted by molar-refractivity contribution is 7.80. The highest BCUT2D eigenvalue weighted by Crippen LogP contribution is 2.63. The number of benzene rings is 1. The average Bonchev–Trinajstić information content (AvgIpc) is 3.23. The van der Waals surface area contributed by atoms with Crippen molar-refractivity contribution in [2.75, 3.05) is 6.61 Å². The Kier molecular flexibility index (Phi) is 6.67. The number of allylic oxidation sites excluding steroid dienone is 4. The third-order valence-corrected chi connectivity index (χ3v) is 9.53. The molecule has 4 aliphatic carbocycles. The zero-order chi connectivity index (χ0) is 25.6. The Bertz CT molecular complexity index is 1210. The molecule has 0 unspecified atom stereocenters. The Labute approximate surface area is 217 Å². The Morgan fingerprint density at radius 2 is 1.86 bits per heavy atom. The maximum atomic E-state index is 13.1. The van der Waals surface area contributed by atoms with E-state index >= 15 is 0 Å². The summed E-state index contributed by atoms with van der Waals surface area (Å²) in [6.07, 6.45) is 7.87. The molecule has 0 bridgehead atoms. The van der Waals surface area contributed by atoms with Gasteiger partial charge in [0.2, 0.25) is 0 Å². The van der Waals surface area contributed by atoms with Gasteiger partial charge in [0.25, 0.3) is 0 Å². The molecular weight excluding hydrogens is 472 g/mol. The molecule has 36 heavy (non-hydrogen) atoms. The SMILES string of the molecule is CC(=O)c1ccc([C@@H]2CC(=O)C=C3CC[C@@H]4C(=C32)CC[C@]2(C)[C@@H](C(=O)COC(=O)C=S)CC[C@@H]42)cc1. The fourth-order valence-electron chi connectivity index (χ4n) is 7.67. The lowest BCUT2D eigenvalue weighted by molar-refractivity contribution is -0.144. The summed E-state index contributed by atoms with van der Waals surface area (Å²) in [4.78, 5) is 49.0. The molecule has 0 saturated heterocycles. The van der Waals surface area contributed by atoms with Gasteiger partial charge in [-0.15, -0.1) is 0 Å². The van der Waals surface area contributed by atoms with Crippen LogP contribution >= 0.6 is 12.2 Å². The van der Waals surface area contributed by atoms with Crippen molar-refractivity contribution in [2.24, 2.45) is 23.2 Å². The van der Waals surface area contributed by atoms with Crippen LogP contribution in [-0.2, 0) is 19.1 Å². The molecule has 1 aromatic carbocycles. The number of ketones is 3. The minimum Gasteiger partial charge on any atom is -0.454 e. The van der Waals surface area contributed by atoms with E-state index < -0.39 is 5.97 Å². The van der Waals surface area contributed by atoms with Crippen molar-refractivity contribution < 1.29 is 23.9 Å². The van der Waals surface area contributed by atoms with Crippen molar-refractivity contribution in [3.8, 4) is 0 Å². The summed E-state index contributed by atoms with van der Waals surface area (Å²) in [5.41, 5.74) is 5.66. The summed E-state index contributed by atoms with van der Waals surface area (Å²) in [5, 5.41) is 0.928. The largest absolute Gasteiger partial charge is 0.454 e. The molecular formula is C30H32O5S. The van der Waals surface area contributed by atoms with Gasteiger partial charge in [-0.2, -0.15) is 0 Å². The van der Waals surface area contributed by atoms with E-state index in [1.54, 1.807) is 6.92 Å². The molecule has 188 valence electrons. The van der Waals surface area contributed by atoms with Crippen molar-refractivity contribution in [3.05, 3.63) is 58.2 Å². The lowest BCUT2D eigenvalue weighted by Crippen LogP contribution is -2.43. The van der Waals surface area contributed by atoms with Crippen LogP contribution in [0.25, 0.3) is 0 Å². The fraction of sp³-hybridized carbons (Fsp3) is 0.500. The predicted molar refractivity (Wildman–Crippen MR) is 140 cm³/mol. The van der Waals surface area contributed by atoms with E-state index in [2.05, 4.69) is 19.1 Å². The molecule has 6 heteroatoms. The first-order valence-corrected chi connectivity index (χ1v) is 13.4. The molecule has 0 aromatic heterocycles. The standard InChI is InChI=1S/C30H32O5S/c1-17(31)18-3-5-19(6-4-18)24-14-21(32)13-20-7-8-22-23(29(20)24)11-12-30(2)25(22)9-10-26(30)27(33)15-35-28(34)16-36/h3-6,13,16,22,24-26H,7-12,14-15H2,1-2H3/t22-,24+,25+,26-,30+/m1/s1. The van der Waals surface area contributed by atoms with Gasteiger partial charge in [-0.05, 0) is 85.5 Å². The maximum absolute atomic E-state index is 13.1. The number of thiocarbonyl (C=S) groups is 1. The fourth-order valence-corrected chi connectivity index (χ4v) is 7.74. The van der Waals surface area contributed by atoms with Crippen molar-refractivity contribution in [3.63, 3.8) is 0 Å². The lowest BCUT2D eigenvalue weighted by atomic mass is 9.54.